The van der Waals surface area contributed by atoms with Gasteiger partial charge < -0.3 is 4.57 Å². The van der Waals surface area contributed by atoms with Crippen LogP contribution in [0.1, 0.15) is 29.8 Å². The quantitative estimate of drug-likeness (QED) is 0.740. The normalized spacial score (nSPS) is 18.3. The third-order valence-corrected chi connectivity index (χ3v) is 3.15. The van der Waals surface area contributed by atoms with Crippen LogP contribution in [0.2, 0.25) is 0 Å². The molecule has 3 heteroatoms. The first kappa shape index (κ1) is 8.65. The Kier molecular flexibility index (Phi) is 1.84. The summed E-state index contributed by atoms with van der Waals surface area (Å²) in [7, 11) is 0. The number of fused-ring (bicyclic) bond motifs is 1. The van der Waals surface area contributed by atoms with E-state index in [4.69, 9.17) is 0 Å². The van der Waals surface area contributed by atoms with E-state index in [1.807, 2.05) is 6.33 Å². The van der Waals surface area contributed by atoms with Gasteiger partial charge in [-0.3, -0.25) is 0 Å². The molecule has 1 heterocycles. The first-order valence-electron chi connectivity index (χ1n) is 5.35. The molecule has 0 amide bonds. The predicted octanol–water partition coefficient (Wildman–Crippen LogP) is 1.99. The van der Waals surface area contributed by atoms with E-state index in [0.29, 0.717) is 5.92 Å². The van der Waals surface area contributed by atoms with Gasteiger partial charge in [-0.2, -0.15) is 0 Å². The standard InChI is InChI=1S/C12H13N3/c1-2-15-8-13-14-12(15)11-7-9-5-3-4-6-10(9)11/h3-6,8,11H,2,7H2,1H3. The molecule has 0 spiro atoms. The summed E-state index contributed by atoms with van der Waals surface area (Å²) in [5.74, 6) is 1.57. The number of benzene rings is 1. The lowest BCUT2D eigenvalue weighted by molar-refractivity contribution is 0.598. The first-order valence-corrected chi connectivity index (χ1v) is 5.35. The SMILES string of the molecule is CCn1cnnc1C1Cc2ccccc21. The van der Waals surface area contributed by atoms with Crippen LogP contribution in [0.25, 0.3) is 0 Å². The fraction of sp³-hybridized carbons (Fsp3) is 0.333. The predicted molar refractivity (Wildman–Crippen MR) is 57.7 cm³/mol. The van der Waals surface area contributed by atoms with Gasteiger partial charge in [-0.15, -0.1) is 10.2 Å². The maximum absolute atomic E-state index is 4.22. The lowest BCUT2D eigenvalue weighted by Gasteiger charge is -2.29. The maximum atomic E-state index is 4.22. The van der Waals surface area contributed by atoms with Crippen molar-refractivity contribution in [2.24, 2.45) is 0 Å². The van der Waals surface area contributed by atoms with Crippen LogP contribution in [-0.4, -0.2) is 14.8 Å². The van der Waals surface area contributed by atoms with Gasteiger partial charge in [0.05, 0.1) is 0 Å². The van der Waals surface area contributed by atoms with Crippen molar-refractivity contribution < 1.29 is 0 Å². The summed E-state index contributed by atoms with van der Waals surface area (Å²) in [6, 6.07) is 8.58. The van der Waals surface area contributed by atoms with E-state index < -0.39 is 0 Å². The van der Waals surface area contributed by atoms with Crippen LogP contribution in [0.3, 0.4) is 0 Å². The molecule has 0 N–H and O–H groups in total. The monoisotopic (exact) mass is 199 g/mol. The van der Waals surface area contributed by atoms with Gasteiger partial charge in [0.25, 0.3) is 0 Å². The minimum Gasteiger partial charge on any atom is -0.317 e. The molecule has 1 aromatic carbocycles. The van der Waals surface area contributed by atoms with Crippen molar-refractivity contribution in [3.8, 4) is 0 Å². The van der Waals surface area contributed by atoms with Crippen molar-refractivity contribution in [3.05, 3.63) is 47.5 Å². The second kappa shape index (κ2) is 3.19. The Morgan fingerprint density at radius 3 is 3.07 bits per heavy atom. The van der Waals surface area contributed by atoms with Crippen molar-refractivity contribution in [3.63, 3.8) is 0 Å². The maximum Gasteiger partial charge on any atom is 0.140 e. The summed E-state index contributed by atoms with van der Waals surface area (Å²) in [4.78, 5) is 0. The first-order chi connectivity index (χ1) is 7.40. The molecule has 0 fully saturated rings. The fourth-order valence-corrected chi connectivity index (χ4v) is 2.27. The minimum atomic E-state index is 0.462. The molecule has 1 aliphatic carbocycles. The summed E-state index contributed by atoms with van der Waals surface area (Å²) < 4.78 is 2.13. The van der Waals surface area contributed by atoms with Crippen molar-refractivity contribution >= 4 is 0 Å². The zero-order valence-corrected chi connectivity index (χ0v) is 8.72. The molecule has 0 radical (unpaired) electrons. The molecule has 1 aromatic heterocycles. The van der Waals surface area contributed by atoms with Crippen LogP contribution in [0.15, 0.2) is 30.6 Å². The smallest absolute Gasteiger partial charge is 0.140 e. The minimum absolute atomic E-state index is 0.462. The van der Waals surface area contributed by atoms with Crippen LogP contribution in [0, 0.1) is 0 Å². The van der Waals surface area contributed by atoms with E-state index in [0.717, 1.165) is 18.8 Å². The summed E-state index contributed by atoms with van der Waals surface area (Å²) in [6.07, 6.45) is 2.92. The zero-order valence-electron chi connectivity index (χ0n) is 8.72. The van der Waals surface area contributed by atoms with Crippen LogP contribution >= 0.6 is 0 Å². The van der Waals surface area contributed by atoms with Gasteiger partial charge in [0.1, 0.15) is 12.2 Å². The topological polar surface area (TPSA) is 30.7 Å². The molecule has 0 bridgehead atoms. The Balaban J connectivity index is 2.00. The number of hydrogen-bond donors (Lipinski definition) is 0. The molecular formula is C12H13N3. The molecule has 1 aliphatic rings. The molecule has 3 nitrogen and oxygen atoms in total. The number of nitrogens with zero attached hydrogens (tertiary/aromatic N) is 3. The van der Waals surface area contributed by atoms with Crippen LogP contribution in [0.5, 0.6) is 0 Å². The number of hydrogen-bond acceptors (Lipinski definition) is 2. The van der Waals surface area contributed by atoms with E-state index in [1.165, 1.54) is 11.1 Å². The average molecular weight is 199 g/mol. The van der Waals surface area contributed by atoms with Crippen LogP contribution in [0.4, 0.5) is 0 Å². The highest BCUT2D eigenvalue weighted by molar-refractivity contribution is 5.43. The summed E-state index contributed by atoms with van der Waals surface area (Å²) in [5.41, 5.74) is 2.87. The number of aryl methyl sites for hydroxylation is 1. The molecule has 3 rings (SSSR count). The molecule has 1 unspecified atom stereocenters. The summed E-state index contributed by atoms with van der Waals surface area (Å²) in [5, 5.41) is 8.20. The zero-order chi connectivity index (χ0) is 10.3. The highest BCUT2D eigenvalue weighted by Crippen LogP contribution is 2.38. The third-order valence-electron chi connectivity index (χ3n) is 3.15. The van der Waals surface area contributed by atoms with Crippen molar-refractivity contribution in [2.75, 3.05) is 0 Å². The molecule has 0 aliphatic heterocycles. The van der Waals surface area contributed by atoms with Gasteiger partial charge in [-0.1, -0.05) is 24.3 Å². The largest absolute Gasteiger partial charge is 0.317 e. The van der Waals surface area contributed by atoms with E-state index in [1.54, 1.807) is 0 Å². The van der Waals surface area contributed by atoms with Gasteiger partial charge in [-0.25, -0.2) is 0 Å². The van der Waals surface area contributed by atoms with Crippen molar-refractivity contribution in [1.29, 1.82) is 0 Å². The Labute approximate surface area is 88.8 Å². The fourth-order valence-electron chi connectivity index (χ4n) is 2.27. The van der Waals surface area contributed by atoms with E-state index in [9.17, 15) is 0 Å². The number of aromatic nitrogens is 3. The van der Waals surface area contributed by atoms with E-state index >= 15 is 0 Å². The number of rotatable bonds is 2. The lowest BCUT2D eigenvalue weighted by atomic mass is 9.77. The van der Waals surface area contributed by atoms with Gasteiger partial charge >= 0.3 is 0 Å². The second-order valence-electron chi connectivity index (χ2n) is 3.93. The molecular weight excluding hydrogens is 186 g/mol. The van der Waals surface area contributed by atoms with Crippen LogP contribution in [-0.2, 0) is 13.0 Å². The lowest BCUT2D eigenvalue weighted by Crippen LogP contribution is -2.21. The third kappa shape index (κ3) is 1.19. The molecule has 76 valence electrons. The highest BCUT2D eigenvalue weighted by atomic mass is 15.3. The Hall–Kier alpha value is -1.64. The highest BCUT2D eigenvalue weighted by Gasteiger charge is 2.30. The van der Waals surface area contributed by atoms with Crippen molar-refractivity contribution in [2.45, 2.75) is 25.8 Å². The van der Waals surface area contributed by atoms with E-state index in [-0.39, 0.29) is 0 Å². The van der Waals surface area contributed by atoms with Gasteiger partial charge in [0.2, 0.25) is 0 Å². The molecule has 0 saturated carbocycles. The molecule has 0 saturated heterocycles. The Morgan fingerprint density at radius 2 is 2.27 bits per heavy atom. The Bertz CT molecular complexity index is 487. The summed E-state index contributed by atoms with van der Waals surface area (Å²) >= 11 is 0. The van der Waals surface area contributed by atoms with Crippen molar-refractivity contribution in [1.82, 2.24) is 14.8 Å². The molecule has 15 heavy (non-hydrogen) atoms. The van der Waals surface area contributed by atoms with Crippen LogP contribution < -0.4 is 0 Å². The Morgan fingerprint density at radius 1 is 1.40 bits per heavy atom. The van der Waals surface area contributed by atoms with Gasteiger partial charge in [0.15, 0.2) is 0 Å². The van der Waals surface area contributed by atoms with Gasteiger partial charge in [0, 0.05) is 12.5 Å². The van der Waals surface area contributed by atoms with Gasteiger partial charge in [-0.05, 0) is 24.5 Å². The second-order valence-corrected chi connectivity index (χ2v) is 3.93. The average Bonchev–Trinajstić information content (AvgIpc) is 2.68. The van der Waals surface area contributed by atoms with E-state index in [2.05, 4.69) is 46.0 Å². The summed E-state index contributed by atoms with van der Waals surface area (Å²) in [6.45, 7) is 3.07. The molecule has 1 atom stereocenters. The molecule has 2 aromatic rings.